The molecule has 0 amide bonds. The first-order chi connectivity index (χ1) is 13.4. The fraction of sp³-hybridized carbons (Fsp3) is 0.455. The summed E-state index contributed by atoms with van der Waals surface area (Å²) in [7, 11) is 13.9. The Morgan fingerprint density at radius 2 is 2.00 bits per heavy atom. The Bertz CT molecular complexity index is 868. The van der Waals surface area contributed by atoms with Gasteiger partial charge in [0, 0.05) is 19.3 Å². The van der Waals surface area contributed by atoms with Crippen LogP contribution in [0.4, 0.5) is 0 Å². The molecular formula is C22H24B2O4. The van der Waals surface area contributed by atoms with Crippen molar-refractivity contribution in [3.05, 3.63) is 64.2 Å². The first-order valence-corrected chi connectivity index (χ1v) is 9.71. The van der Waals surface area contributed by atoms with E-state index in [0.29, 0.717) is 25.7 Å². The van der Waals surface area contributed by atoms with Crippen LogP contribution in [-0.4, -0.2) is 51.8 Å². The van der Waals surface area contributed by atoms with Gasteiger partial charge in [0.2, 0.25) is 0 Å². The van der Waals surface area contributed by atoms with E-state index in [0.717, 1.165) is 28.0 Å². The average Bonchev–Trinajstić information content (AvgIpc) is 2.68. The van der Waals surface area contributed by atoms with E-state index in [4.69, 9.17) is 25.2 Å². The molecule has 1 aliphatic carbocycles. The van der Waals surface area contributed by atoms with Crippen LogP contribution in [0, 0.1) is 0 Å². The zero-order valence-corrected chi connectivity index (χ0v) is 16.1. The summed E-state index contributed by atoms with van der Waals surface area (Å²) in [4.78, 5) is 0. The molecule has 0 bridgehead atoms. The molecule has 2 N–H and O–H groups in total. The van der Waals surface area contributed by atoms with Gasteiger partial charge in [-0.3, -0.25) is 0 Å². The maximum atomic E-state index is 10.1. The van der Waals surface area contributed by atoms with Crippen molar-refractivity contribution in [2.45, 2.75) is 49.2 Å². The van der Waals surface area contributed by atoms with Gasteiger partial charge < -0.3 is 19.7 Å². The quantitative estimate of drug-likeness (QED) is 0.786. The number of aliphatic hydroxyl groups is 2. The molecule has 1 heterocycles. The smallest absolute Gasteiger partial charge is 0.122 e. The average molecular weight is 374 g/mol. The SMILES string of the molecule is [B]C1([B])Cc2ccc(Cc3cc([C@H]4CC(O)C[C@@H](CO)O4)ccc3OC)cc21. The molecule has 1 fully saturated rings. The van der Waals surface area contributed by atoms with E-state index in [2.05, 4.69) is 24.3 Å². The van der Waals surface area contributed by atoms with E-state index < -0.39 is 11.3 Å². The zero-order chi connectivity index (χ0) is 19.9. The fourth-order valence-electron chi connectivity index (χ4n) is 4.30. The Morgan fingerprint density at radius 1 is 1.18 bits per heavy atom. The summed E-state index contributed by atoms with van der Waals surface area (Å²) in [5, 5.41) is 18.8. The van der Waals surface area contributed by atoms with Gasteiger partial charge in [-0.15, -0.1) is 0 Å². The van der Waals surface area contributed by atoms with Crippen molar-refractivity contribution in [3.63, 3.8) is 0 Å². The number of benzene rings is 2. The lowest BCUT2D eigenvalue weighted by Gasteiger charge is -2.39. The lowest BCUT2D eigenvalue weighted by Crippen LogP contribution is -2.39. The molecule has 4 rings (SSSR count). The third-order valence-electron chi connectivity index (χ3n) is 5.81. The van der Waals surface area contributed by atoms with Crippen molar-refractivity contribution in [1.29, 1.82) is 0 Å². The van der Waals surface area contributed by atoms with Gasteiger partial charge in [-0.25, -0.2) is 0 Å². The maximum absolute atomic E-state index is 10.1. The highest BCUT2D eigenvalue weighted by atomic mass is 16.5. The number of ether oxygens (including phenoxy) is 2. The van der Waals surface area contributed by atoms with Crippen LogP contribution in [0.2, 0.25) is 0 Å². The van der Waals surface area contributed by atoms with Crippen LogP contribution in [0.5, 0.6) is 5.75 Å². The molecule has 0 saturated carbocycles. The monoisotopic (exact) mass is 374 g/mol. The van der Waals surface area contributed by atoms with Crippen molar-refractivity contribution in [1.82, 2.24) is 0 Å². The van der Waals surface area contributed by atoms with E-state index in [1.807, 2.05) is 12.1 Å². The number of aliphatic hydroxyl groups excluding tert-OH is 2. The number of rotatable bonds is 5. The van der Waals surface area contributed by atoms with E-state index in [-0.39, 0.29) is 18.8 Å². The van der Waals surface area contributed by atoms with Crippen molar-refractivity contribution < 1.29 is 19.7 Å². The number of fused-ring (bicyclic) bond motifs is 1. The molecule has 0 aromatic heterocycles. The highest BCUT2D eigenvalue weighted by Gasteiger charge is 2.33. The zero-order valence-electron chi connectivity index (χ0n) is 16.1. The van der Waals surface area contributed by atoms with Crippen molar-refractivity contribution >= 4 is 15.7 Å². The Balaban J connectivity index is 1.60. The lowest BCUT2D eigenvalue weighted by molar-refractivity contribution is -0.113. The summed E-state index contributed by atoms with van der Waals surface area (Å²) in [5.74, 6) is 0.799. The Morgan fingerprint density at radius 3 is 2.71 bits per heavy atom. The standard InChI is InChI=1S/C22H24B2O4/c1-27-20-5-4-14(21-10-17(26)9-18(12-25)28-21)8-16(20)6-13-2-3-15-11-22(23,24)19(15)7-13/h2-5,7-8,17-18,21,25-26H,6,9-12H2,1H3/t17?,18-,21+/m0/s1. The van der Waals surface area contributed by atoms with Crippen molar-refractivity contribution in [2.75, 3.05) is 13.7 Å². The molecule has 1 aliphatic heterocycles. The van der Waals surface area contributed by atoms with Gasteiger partial charge in [0.1, 0.15) is 5.75 Å². The minimum atomic E-state index is -0.733. The van der Waals surface area contributed by atoms with E-state index in [9.17, 15) is 10.2 Å². The predicted molar refractivity (Wildman–Crippen MR) is 109 cm³/mol. The first-order valence-electron chi connectivity index (χ1n) is 9.71. The normalized spacial score (nSPS) is 25.6. The molecule has 1 unspecified atom stereocenters. The second-order valence-electron chi connectivity index (χ2n) is 8.01. The summed E-state index contributed by atoms with van der Waals surface area (Å²) in [6.07, 6.45) is 1.30. The lowest BCUT2D eigenvalue weighted by atomic mass is 9.42. The third-order valence-corrected chi connectivity index (χ3v) is 5.81. The molecule has 142 valence electrons. The maximum Gasteiger partial charge on any atom is 0.122 e. The van der Waals surface area contributed by atoms with Gasteiger partial charge >= 0.3 is 0 Å². The van der Waals surface area contributed by atoms with Crippen LogP contribution in [0.15, 0.2) is 36.4 Å². The topological polar surface area (TPSA) is 58.9 Å². The summed E-state index contributed by atoms with van der Waals surface area (Å²) in [6.45, 7) is -0.0916. The van der Waals surface area contributed by atoms with Crippen LogP contribution in [0.1, 0.15) is 46.8 Å². The predicted octanol–water partition coefficient (Wildman–Crippen LogP) is 1.91. The van der Waals surface area contributed by atoms with Crippen LogP contribution in [0.25, 0.3) is 0 Å². The van der Waals surface area contributed by atoms with E-state index in [1.165, 1.54) is 5.56 Å². The van der Waals surface area contributed by atoms with Crippen LogP contribution >= 0.6 is 0 Å². The van der Waals surface area contributed by atoms with Gasteiger partial charge in [-0.1, -0.05) is 35.0 Å². The molecule has 2 aromatic carbocycles. The van der Waals surface area contributed by atoms with Crippen molar-refractivity contribution in [2.24, 2.45) is 0 Å². The van der Waals surface area contributed by atoms with Gasteiger partial charge in [0.25, 0.3) is 0 Å². The molecule has 6 heteroatoms. The Kier molecular flexibility index (Phi) is 5.30. The van der Waals surface area contributed by atoms with Crippen molar-refractivity contribution in [3.8, 4) is 5.75 Å². The second kappa shape index (κ2) is 7.58. The number of hydrogen-bond donors (Lipinski definition) is 2. The van der Waals surface area contributed by atoms with E-state index >= 15 is 0 Å². The molecule has 1 saturated heterocycles. The molecule has 0 spiro atoms. The van der Waals surface area contributed by atoms with Gasteiger partial charge in [-0.2, -0.15) is 0 Å². The van der Waals surface area contributed by atoms with Crippen LogP contribution < -0.4 is 4.74 Å². The highest BCUT2D eigenvalue weighted by molar-refractivity contribution is 6.41. The molecule has 2 aliphatic rings. The molecule has 28 heavy (non-hydrogen) atoms. The minimum Gasteiger partial charge on any atom is -0.496 e. The van der Waals surface area contributed by atoms with E-state index in [1.54, 1.807) is 7.11 Å². The highest BCUT2D eigenvalue weighted by Crippen LogP contribution is 2.38. The Labute approximate surface area is 168 Å². The summed E-state index contributed by atoms with van der Waals surface area (Å²) >= 11 is 0. The number of methoxy groups -OCH3 is 1. The fourth-order valence-corrected chi connectivity index (χ4v) is 4.30. The third kappa shape index (κ3) is 3.73. The Hall–Kier alpha value is -1.75. The molecule has 3 atom stereocenters. The molecular weight excluding hydrogens is 350 g/mol. The molecule has 4 radical (unpaired) electrons. The largest absolute Gasteiger partial charge is 0.496 e. The van der Waals surface area contributed by atoms with Gasteiger partial charge in [0.15, 0.2) is 0 Å². The van der Waals surface area contributed by atoms with Gasteiger partial charge in [-0.05, 0) is 40.8 Å². The minimum absolute atomic E-state index is 0.0916. The number of hydrogen-bond acceptors (Lipinski definition) is 4. The summed E-state index contributed by atoms with van der Waals surface area (Å²) in [6, 6.07) is 12.2. The second-order valence-corrected chi connectivity index (χ2v) is 8.01. The first kappa shape index (κ1) is 19.6. The molecule has 4 nitrogen and oxygen atoms in total. The van der Waals surface area contributed by atoms with Gasteiger partial charge in [0.05, 0.1) is 47.7 Å². The van der Waals surface area contributed by atoms with Crippen LogP contribution in [-0.2, 0) is 22.8 Å². The molecule has 2 aromatic rings. The van der Waals surface area contributed by atoms with Crippen LogP contribution in [0.3, 0.4) is 0 Å². The summed E-state index contributed by atoms with van der Waals surface area (Å²) < 4.78 is 11.5. The summed E-state index contributed by atoms with van der Waals surface area (Å²) in [5.41, 5.74) is 5.33.